The van der Waals surface area contributed by atoms with Crippen LogP contribution in [0, 0.1) is 5.92 Å². The molecule has 0 spiro atoms. The highest BCUT2D eigenvalue weighted by Gasteiger charge is 2.17. The number of nitrogens with two attached hydrogens (primary N) is 1. The minimum absolute atomic E-state index is 0. The summed E-state index contributed by atoms with van der Waals surface area (Å²) >= 11 is 0. The minimum atomic E-state index is -0.598. The lowest BCUT2D eigenvalue weighted by Gasteiger charge is -2.15. The zero-order valence-corrected chi connectivity index (χ0v) is 16.5. The molecule has 0 radical (unpaired) electrons. The minimum Gasteiger partial charge on any atom is -0.354 e. The quantitative estimate of drug-likeness (QED) is 0.660. The van der Waals surface area contributed by atoms with Crippen molar-refractivity contribution in [2.45, 2.75) is 26.3 Å². The van der Waals surface area contributed by atoms with Crippen LogP contribution in [0.3, 0.4) is 0 Å². The van der Waals surface area contributed by atoms with Crippen molar-refractivity contribution >= 4 is 47.5 Å². The zero-order valence-electron chi connectivity index (χ0n) is 14.9. The van der Waals surface area contributed by atoms with Gasteiger partial charge in [-0.25, -0.2) is 0 Å². The Balaban J connectivity index is 0.00000312. The van der Waals surface area contributed by atoms with Crippen LogP contribution in [-0.2, 0) is 16.0 Å². The fourth-order valence-corrected chi connectivity index (χ4v) is 2.36. The van der Waals surface area contributed by atoms with Crippen LogP contribution in [0.2, 0.25) is 0 Å². The number of rotatable bonds is 7. The van der Waals surface area contributed by atoms with Crippen LogP contribution in [0.5, 0.6) is 0 Å². The summed E-state index contributed by atoms with van der Waals surface area (Å²) in [7, 11) is 0. The van der Waals surface area contributed by atoms with Gasteiger partial charge in [0.2, 0.25) is 11.8 Å². The molecule has 0 saturated heterocycles. The lowest BCUT2D eigenvalue weighted by Crippen LogP contribution is -2.47. The van der Waals surface area contributed by atoms with Crippen LogP contribution < -0.4 is 16.4 Å². The van der Waals surface area contributed by atoms with Crippen molar-refractivity contribution in [1.29, 1.82) is 0 Å². The van der Waals surface area contributed by atoms with E-state index < -0.39 is 6.04 Å². The maximum atomic E-state index is 11.8. The van der Waals surface area contributed by atoms with Crippen LogP contribution in [-0.4, -0.2) is 35.9 Å². The fraction of sp³-hybridized carbons (Fsp3) is 0.389. The van der Waals surface area contributed by atoms with E-state index in [2.05, 4.69) is 15.6 Å². The maximum absolute atomic E-state index is 11.8. The van der Waals surface area contributed by atoms with Gasteiger partial charge in [-0.1, -0.05) is 38.1 Å². The standard InChI is InChI=1S/C18H24N4O2.2ClH/c1-12(2)16(19)18(24)22-11-15(23)20-10-8-14-6-3-5-13-7-4-9-21-17(13)14;;/h3-7,9,12,16H,8,10-11,19H2,1-2H3,(H,20,23)(H,22,24);2*1H/t16-;;/m0../s1. The number of hydrogen-bond donors (Lipinski definition) is 3. The van der Waals surface area contributed by atoms with Gasteiger partial charge in [0, 0.05) is 18.1 Å². The van der Waals surface area contributed by atoms with Gasteiger partial charge in [-0.2, -0.15) is 0 Å². The number of amides is 2. The Morgan fingerprint density at radius 1 is 1.12 bits per heavy atom. The van der Waals surface area contributed by atoms with Crippen molar-refractivity contribution in [3.8, 4) is 0 Å². The molecule has 0 bridgehead atoms. The molecule has 0 aliphatic rings. The molecule has 1 atom stereocenters. The van der Waals surface area contributed by atoms with Gasteiger partial charge in [0.25, 0.3) is 0 Å². The van der Waals surface area contributed by atoms with E-state index in [1.165, 1.54) is 0 Å². The van der Waals surface area contributed by atoms with Crippen LogP contribution in [0.4, 0.5) is 0 Å². The first-order chi connectivity index (χ1) is 11.5. The van der Waals surface area contributed by atoms with Crippen LogP contribution in [0.15, 0.2) is 36.5 Å². The van der Waals surface area contributed by atoms with E-state index in [1.54, 1.807) is 6.20 Å². The molecule has 0 saturated carbocycles. The van der Waals surface area contributed by atoms with Crippen LogP contribution in [0.1, 0.15) is 19.4 Å². The molecule has 6 nitrogen and oxygen atoms in total. The van der Waals surface area contributed by atoms with Crippen molar-refractivity contribution in [1.82, 2.24) is 15.6 Å². The van der Waals surface area contributed by atoms with Gasteiger partial charge in [0.15, 0.2) is 0 Å². The molecule has 144 valence electrons. The molecule has 26 heavy (non-hydrogen) atoms. The Morgan fingerprint density at radius 3 is 2.50 bits per heavy atom. The molecule has 2 aromatic rings. The molecule has 2 rings (SSSR count). The predicted molar refractivity (Wildman–Crippen MR) is 109 cm³/mol. The Hall–Kier alpha value is -1.89. The monoisotopic (exact) mass is 400 g/mol. The molecular weight excluding hydrogens is 375 g/mol. The molecule has 0 fully saturated rings. The van der Waals surface area contributed by atoms with Gasteiger partial charge >= 0.3 is 0 Å². The van der Waals surface area contributed by atoms with Crippen molar-refractivity contribution in [3.63, 3.8) is 0 Å². The molecule has 4 N–H and O–H groups in total. The molecular formula is C18H26Cl2N4O2. The first-order valence-electron chi connectivity index (χ1n) is 8.11. The topological polar surface area (TPSA) is 97.1 Å². The normalized spacial score (nSPS) is 11.2. The number of carbonyl (C=O) groups excluding carboxylic acids is 2. The second kappa shape index (κ2) is 11.7. The number of hydrogen-bond acceptors (Lipinski definition) is 4. The van der Waals surface area contributed by atoms with E-state index in [0.29, 0.717) is 13.0 Å². The summed E-state index contributed by atoms with van der Waals surface area (Å²) in [6.45, 7) is 4.15. The number of carbonyl (C=O) groups is 2. The number of halogens is 2. The van der Waals surface area contributed by atoms with E-state index in [1.807, 2.05) is 44.2 Å². The third kappa shape index (κ3) is 6.78. The largest absolute Gasteiger partial charge is 0.354 e. The number of pyridine rings is 1. The lowest BCUT2D eigenvalue weighted by molar-refractivity contribution is -0.127. The molecule has 0 aliphatic heterocycles. The highest BCUT2D eigenvalue weighted by molar-refractivity contribution is 5.87. The summed E-state index contributed by atoms with van der Waals surface area (Å²) in [5.41, 5.74) is 7.76. The predicted octanol–water partition coefficient (Wildman–Crippen LogP) is 1.84. The van der Waals surface area contributed by atoms with Crippen molar-refractivity contribution in [2.75, 3.05) is 13.1 Å². The number of aromatic nitrogens is 1. The van der Waals surface area contributed by atoms with Crippen molar-refractivity contribution in [2.24, 2.45) is 11.7 Å². The molecule has 0 aliphatic carbocycles. The molecule has 2 amide bonds. The second-order valence-corrected chi connectivity index (χ2v) is 6.08. The summed E-state index contributed by atoms with van der Waals surface area (Å²) in [6, 6.07) is 9.31. The molecule has 1 heterocycles. The third-order valence-corrected chi connectivity index (χ3v) is 3.88. The molecule has 0 unspecified atom stereocenters. The first-order valence-corrected chi connectivity index (χ1v) is 8.11. The van der Waals surface area contributed by atoms with Gasteiger partial charge in [0.1, 0.15) is 0 Å². The Morgan fingerprint density at radius 2 is 1.81 bits per heavy atom. The average Bonchev–Trinajstić information content (AvgIpc) is 2.59. The van der Waals surface area contributed by atoms with E-state index in [9.17, 15) is 9.59 Å². The van der Waals surface area contributed by atoms with Gasteiger partial charge in [-0.05, 0) is 24.0 Å². The van der Waals surface area contributed by atoms with E-state index in [4.69, 9.17) is 5.73 Å². The van der Waals surface area contributed by atoms with E-state index >= 15 is 0 Å². The summed E-state index contributed by atoms with van der Waals surface area (Å²) in [5.74, 6) is -0.502. The molecule has 8 heteroatoms. The highest BCUT2D eigenvalue weighted by atomic mass is 35.5. The summed E-state index contributed by atoms with van der Waals surface area (Å²) in [6.07, 6.45) is 2.44. The SMILES string of the molecule is CC(C)[C@H](N)C(=O)NCC(=O)NCCc1cccc2cccnc12.Cl.Cl. The fourth-order valence-electron chi connectivity index (χ4n) is 2.36. The summed E-state index contributed by atoms with van der Waals surface area (Å²) in [5, 5.41) is 6.43. The number of nitrogens with zero attached hydrogens (tertiary/aromatic N) is 1. The lowest BCUT2D eigenvalue weighted by atomic mass is 10.1. The number of fused-ring (bicyclic) bond motifs is 1. The number of nitrogens with one attached hydrogen (secondary N) is 2. The Kier molecular flexibility index (Phi) is 10.8. The zero-order chi connectivity index (χ0) is 17.5. The average molecular weight is 401 g/mol. The number of benzene rings is 1. The third-order valence-electron chi connectivity index (χ3n) is 3.88. The van der Waals surface area contributed by atoms with Gasteiger partial charge in [0.05, 0.1) is 18.1 Å². The molecule has 1 aromatic carbocycles. The highest BCUT2D eigenvalue weighted by Crippen LogP contribution is 2.15. The van der Waals surface area contributed by atoms with Crippen LogP contribution >= 0.6 is 24.8 Å². The maximum Gasteiger partial charge on any atom is 0.239 e. The van der Waals surface area contributed by atoms with E-state index in [0.717, 1.165) is 16.5 Å². The van der Waals surface area contributed by atoms with Crippen molar-refractivity contribution in [3.05, 3.63) is 42.1 Å². The Bertz CT molecular complexity index is 720. The van der Waals surface area contributed by atoms with Crippen molar-refractivity contribution < 1.29 is 9.59 Å². The second-order valence-electron chi connectivity index (χ2n) is 6.08. The molecule has 1 aromatic heterocycles. The summed E-state index contributed by atoms with van der Waals surface area (Å²) in [4.78, 5) is 27.9. The van der Waals surface area contributed by atoms with Gasteiger partial charge < -0.3 is 16.4 Å². The first kappa shape index (κ1) is 24.1. The summed E-state index contributed by atoms with van der Waals surface area (Å²) < 4.78 is 0. The van der Waals surface area contributed by atoms with E-state index in [-0.39, 0.29) is 49.1 Å². The smallest absolute Gasteiger partial charge is 0.239 e. The van der Waals surface area contributed by atoms with Crippen LogP contribution in [0.25, 0.3) is 10.9 Å². The number of para-hydroxylation sites is 1. The van der Waals surface area contributed by atoms with Gasteiger partial charge in [-0.3, -0.25) is 14.6 Å². The Labute approximate surface area is 166 Å². The van der Waals surface area contributed by atoms with Gasteiger partial charge in [-0.15, -0.1) is 24.8 Å².